The summed E-state index contributed by atoms with van der Waals surface area (Å²) < 4.78 is 3.84. The van der Waals surface area contributed by atoms with E-state index in [0.29, 0.717) is 11.6 Å². The molecule has 5 nitrogen and oxygen atoms in total. The summed E-state index contributed by atoms with van der Waals surface area (Å²) >= 11 is 7.01. The number of imidazole rings is 1. The van der Waals surface area contributed by atoms with Crippen LogP contribution in [0.3, 0.4) is 0 Å². The van der Waals surface area contributed by atoms with Gasteiger partial charge in [0.15, 0.2) is 0 Å². The quantitative estimate of drug-likeness (QED) is 0.800. The van der Waals surface area contributed by atoms with Crippen molar-refractivity contribution in [2.45, 2.75) is 26.4 Å². The third-order valence-corrected chi connectivity index (χ3v) is 6.08. The molecule has 1 fully saturated rings. The summed E-state index contributed by atoms with van der Waals surface area (Å²) in [5.41, 5.74) is 2.34. The van der Waals surface area contributed by atoms with Crippen molar-refractivity contribution >= 4 is 48.8 Å². The number of hydrogen-bond donors (Lipinski definition) is 1. The molecule has 1 aromatic carbocycles. The number of piperazine rings is 1. The third kappa shape index (κ3) is 2.43. The highest BCUT2D eigenvalue weighted by atomic mass is 79.9. The highest BCUT2D eigenvalue weighted by Gasteiger charge is 2.25. The maximum Gasteiger partial charge on any atom is 0.206 e. The normalized spacial score (nSPS) is 18.7. The molecule has 0 amide bonds. The molecule has 2 aromatic rings. The smallest absolute Gasteiger partial charge is 0.206 e. The van der Waals surface area contributed by atoms with Crippen molar-refractivity contribution < 1.29 is 0 Å². The molecule has 0 unspecified atom stereocenters. The Kier molecular flexibility index (Phi) is 4.44. The molecule has 7 heteroatoms. The highest BCUT2D eigenvalue weighted by molar-refractivity contribution is 9.13. The van der Waals surface area contributed by atoms with Gasteiger partial charge < -0.3 is 14.8 Å². The molecule has 1 aliphatic heterocycles. The number of benzene rings is 1. The van der Waals surface area contributed by atoms with Crippen molar-refractivity contribution in [1.29, 1.82) is 5.26 Å². The van der Waals surface area contributed by atoms with Crippen LogP contribution in [0.4, 0.5) is 5.95 Å². The van der Waals surface area contributed by atoms with E-state index in [1.807, 2.05) is 6.07 Å². The summed E-state index contributed by atoms with van der Waals surface area (Å²) in [6.45, 7) is 7.96. The highest BCUT2D eigenvalue weighted by Crippen LogP contribution is 2.35. The van der Waals surface area contributed by atoms with E-state index in [-0.39, 0.29) is 0 Å². The summed E-state index contributed by atoms with van der Waals surface area (Å²) in [5.74, 6) is 0.952. The first-order valence-corrected chi connectivity index (χ1v) is 8.92. The van der Waals surface area contributed by atoms with Crippen molar-refractivity contribution in [2.24, 2.45) is 0 Å². The van der Waals surface area contributed by atoms with Gasteiger partial charge >= 0.3 is 0 Å². The van der Waals surface area contributed by atoms with Crippen LogP contribution in [0.15, 0.2) is 15.0 Å². The van der Waals surface area contributed by atoms with E-state index >= 15 is 0 Å². The SMILES string of the molecule is CCn1c(N2CCNC[C@@H]2C)nc2c(C#N)c(Br)c(Br)cc21. The number of fused-ring (bicyclic) bond motifs is 1. The molecule has 0 bridgehead atoms. The molecule has 0 saturated carbocycles. The van der Waals surface area contributed by atoms with Crippen molar-refractivity contribution in [3.05, 3.63) is 20.6 Å². The maximum atomic E-state index is 9.50. The molecule has 1 atom stereocenters. The Morgan fingerprint density at radius 1 is 1.50 bits per heavy atom. The Morgan fingerprint density at radius 3 is 2.91 bits per heavy atom. The molecule has 0 aliphatic carbocycles. The number of rotatable bonds is 2. The van der Waals surface area contributed by atoms with Crippen LogP contribution in [0.1, 0.15) is 19.4 Å². The van der Waals surface area contributed by atoms with Crippen LogP contribution >= 0.6 is 31.9 Å². The average Bonchev–Trinajstić information content (AvgIpc) is 2.86. The van der Waals surface area contributed by atoms with Gasteiger partial charge in [0.05, 0.1) is 15.6 Å². The van der Waals surface area contributed by atoms with Crippen LogP contribution in [-0.4, -0.2) is 35.2 Å². The van der Waals surface area contributed by atoms with E-state index in [1.165, 1.54) is 0 Å². The summed E-state index contributed by atoms with van der Waals surface area (Å²) in [6.07, 6.45) is 0. The lowest BCUT2D eigenvalue weighted by Crippen LogP contribution is -2.50. The van der Waals surface area contributed by atoms with Crippen LogP contribution in [0.5, 0.6) is 0 Å². The minimum atomic E-state index is 0.383. The number of nitriles is 1. The molecule has 1 N–H and O–H groups in total. The van der Waals surface area contributed by atoms with Crippen LogP contribution in [-0.2, 0) is 6.54 Å². The second-order valence-electron chi connectivity index (χ2n) is 5.43. The van der Waals surface area contributed by atoms with Gasteiger partial charge in [-0.25, -0.2) is 4.98 Å². The van der Waals surface area contributed by atoms with Crippen LogP contribution < -0.4 is 10.2 Å². The van der Waals surface area contributed by atoms with E-state index < -0.39 is 0 Å². The number of aryl methyl sites for hydroxylation is 1. The Hall–Kier alpha value is -1.10. The molecular formula is C15H17Br2N5. The summed E-state index contributed by atoms with van der Waals surface area (Å²) in [4.78, 5) is 7.14. The van der Waals surface area contributed by atoms with Crippen LogP contribution in [0.25, 0.3) is 11.0 Å². The van der Waals surface area contributed by atoms with Crippen molar-refractivity contribution in [1.82, 2.24) is 14.9 Å². The zero-order chi connectivity index (χ0) is 15.9. The predicted molar refractivity (Wildman–Crippen MR) is 95.2 cm³/mol. The van der Waals surface area contributed by atoms with Gasteiger partial charge in [0, 0.05) is 36.7 Å². The molecular weight excluding hydrogens is 410 g/mol. The molecule has 2 heterocycles. The van der Waals surface area contributed by atoms with Gasteiger partial charge in [-0.05, 0) is 51.8 Å². The topological polar surface area (TPSA) is 56.9 Å². The van der Waals surface area contributed by atoms with E-state index in [4.69, 9.17) is 4.98 Å². The molecule has 3 rings (SSSR count). The molecule has 0 radical (unpaired) electrons. The molecule has 1 aliphatic rings. The van der Waals surface area contributed by atoms with E-state index in [9.17, 15) is 5.26 Å². The van der Waals surface area contributed by atoms with Crippen LogP contribution in [0.2, 0.25) is 0 Å². The van der Waals surface area contributed by atoms with E-state index in [0.717, 1.165) is 52.1 Å². The van der Waals surface area contributed by atoms with Gasteiger partial charge in [-0.15, -0.1) is 0 Å². The summed E-state index contributed by atoms with van der Waals surface area (Å²) in [7, 11) is 0. The fourth-order valence-electron chi connectivity index (χ4n) is 2.96. The zero-order valence-electron chi connectivity index (χ0n) is 12.5. The summed E-state index contributed by atoms with van der Waals surface area (Å²) in [5, 5.41) is 12.9. The Labute approximate surface area is 146 Å². The zero-order valence-corrected chi connectivity index (χ0v) is 15.7. The number of anilines is 1. The van der Waals surface area contributed by atoms with Crippen molar-refractivity contribution in [3.8, 4) is 6.07 Å². The van der Waals surface area contributed by atoms with Crippen LogP contribution in [0, 0.1) is 11.3 Å². The number of hydrogen-bond acceptors (Lipinski definition) is 4. The minimum absolute atomic E-state index is 0.383. The minimum Gasteiger partial charge on any atom is -0.337 e. The second kappa shape index (κ2) is 6.19. The standard InChI is InChI=1S/C15H17Br2N5/c1-3-21-12-6-11(16)13(17)10(7-18)14(12)20-15(21)22-5-4-19-8-9(22)2/h6,9,19H,3-5,8H2,1-2H3/t9-/m0/s1. The number of nitrogens with one attached hydrogen (secondary N) is 1. The first-order chi connectivity index (χ1) is 10.6. The third-order valence-electron chi connectivity index (χ3n) is 4.10. The maximum absolute atomic E-state index is 9.50. The lowest BCUT2D eigenvalue weighted by Gasteiger charge is -2.35. The Morgan fingerprint density at radius 2 is 2.27 bits per heavy atom. The first-order valence-electron chi connectivity index (χ1n) is 7.34. The van der Waals surface area contributed by atoms with Gasteiger partial charge in [0.1, 0.15) is 11.6 Å². The average molecular weight is 427 g/mol. The van der Waals surface area contributed by atoms with Gasteiger partial charge in [-0.1, -0.05) is 0 Å². The van der Waals surface area contributed by atoms with Crippen molar-refractivity contribution in [2.75, 3.05) is 24.5 Å². The van der Waals surface area contributed by atoms with Gasteiger partial charge in [-0.2, -0.15) is 5.26 Å². The van der Waals surface area contributed by atoms with Gasteiger partial charge in [0.25, 0.3) is 0 Å². The van der Waals surface area contributed by atoms with E-state index in [1.54, 1.807) is 0 Å². The second-order valence-corrected chi connectivity index (χ2v) is 7.08. The lowest BCUT2D eigenvalue weighted by atomic mass is 10.2. The number of halogens is 2. The lowest BCUT2D eigenvalue weighted by molar-refractivity contribution is 0.487. The monoisotopic (exact) mass is 425 g/mol. The van der Waals surface area contributed by atoms with Crippen molar-refractivity contribution in [3.63, 3.8) is 0 Å². The fourth-order valence-corrected chi connectivity index (χ4v) is 3.77. The predicted octanol–water partition coefficient (Wildman–Crippen LogP) is 3.25. The number of aromatic nitrogens is 2. The van der Waals surface area contributed by atoms with Gasteiger partial charge in [0.2, 0.25) is 5.95 Å². The molecule has 1 aromatic heterocycles. The molecule has 1 saturated heterocycles. The molecule has 22 heavy (non-hydrogen) atoms. The van der Waals surface area contributed by atoms with Gasteiger partial charge in [-0.3, -0.25) is 0 Å². The summed E-state index contributed by atoms with van der Waals surface area (Å²) in [6, 6.07) is 4.69. The first kappa shape index (κ1) is 15.8. The largest absolute Gasteiger partial charge is 0.337 e. The van der Waals surface area contributed by atoms with E-state index in [2.05, 4.69) is 66.6 Å². The Balaban J connectivity index is 2.26. The fraction of sp³-hybridized carbons (Fsp3) is 0.467. The number of nitrogens with zero attached hydrogens (tertiary/aromatic N) is 4. The Bertz CT molecular complexity index is 762. The molecule has 116 valence electrons. The molecule has 0 spiro atoms.